The molecule has 2 amide bonds. The first-order valence-electron chi connectivity index (χ1n) is 11.6. The Balaban J connectivity index is 1.17. The Morgan fingerprint density at radius 2 is 1.82 bits per heavy atom. The van der Waals surface area contributed by atoms with Crippen molar-refractivity contribution in [1.29, 1.82) is 0 Å². The first-order valence-corrected chi connectivity index (χ1v) is 11.6. The quantitative estimate of drug-likeness (QED) is 0.603. The lowest BCUT2D eigenvalue weighted by Crippen LogP contribution is -2.46. The highest BCUT2D eigenvalue weighted by atomic mass is 16.2. The van der Waals surface area contributed by atoms with Crippen LogP contribution in [0.25, 0.3) is 0 Å². The van der Waals surface area contributed by atoms with Crippen molar-refractivity contribution in [3.05, 3.63) is 65.9 Å². The van der Waals surface area contributed by atoms with E-state index < -0.39 is 0 Å². The van der Waals surface area contributed by atoms with E-state index in [1.807, 2.05) is 35.2 Å². The van der Waals surface area contributed by atoms with Gasteiger partial charge in [0.1, 0.15) is 17.8 Å². The molecular formula is C25H25N7O2. The van der Waals surface area contributed by atoms with Gasteiger partial charge in [-0.25, -0.2) is 9.97 Å². The molecule has 0 aliphatic carbocycles. The Kier molecular flexibility index (Phi) is 4.90. The van der Waals surface area contributed by atoms with Gasteiger partial charge in [-0.1, -0.05) is 6.07 Å². The van der Waals surface area contributed by atoms with Crippen molar-refractivity contribution in [3.8, 4) is 0 Å². The van der Waals surface area contributed by atoms with Crippen LogP contribution in [0, 0.1) is 0 Å². The molecule has 9 nitrogen and oxygen atoms in total. The summed E-state index contributed by atoms with van der Waals surface area (Å²) in [6.45, 7) is 2.09. The van der Waals surface area contributed by atoms with Crippen LogP contribution in [0.15, 0.2) is 48.9 Å². The van der Waals surface area contributed by atoms with Crippen molar-refractivity contribution >= 4 is 34.7 Å². The normalized spacial score (nSPS) is 17.8. The summed E-state index contributed by atoms with van der Waals surface area (Å²) in [7, 11) is 0. The molecule has 172 valence electrons. The zero-order valence-electron chi connectivity index (χ0n) is 18.7. The van der Waals surface area contributed by atoms with E-state index in [9.17, 15) is 9.59 Å². The lowest BCUT2D eigenvalue weighted by molar-refractivity contribution is -0.117. The Hall–Kier alpha value is -4.01. The van der Waals surface area contributed by atoms with Crippen LogP contribution in [0.4, 0.5) is 22.9 Å². The number of amides is 2. The molecule has 1 aromatic carbocycles. The average Bonchev–Trinajstić information content (AvgIpc) is 3.45. The van der Waals surface area contributed by atoms with Gasteiger partial charge in [0.05, 0.1) is 17.8 Å². The van der Waals surface area contributed by atoms with Gasteiger partial charge in [-0.05, 0) is 43.5 Å². The summed E-state index contributed by atoms with van der Waals surface area (Å²) in [5, 5.41) is 0. The largest absolute Gasteiger partial charge is 0.398 e. The Morgan fingerprint density at radius 1 is 1.00 bits per heavy atom. The number of benzene rings is 1. The molecule has 0 atom stereocenters. The van der Waals surface area contributed by atoms with Gasteiger partial charge >= 0.3 is 0 Å². The van der Waals surface area contributed by atoms with E-state index in [0.29, 0.717) is 24.3 Å². The number of nitrogen functional groups attached to an aromatic ring is 1. The van der Waals surface area contributed by atoms with Crippen molar-refractivity contribution in [3.63, 3.8) is 0 Å². The summed E-state index contributed by atoms with van der Waals surface area (Å²) in [4.78, 5) is 44.8. The molecule has 5 heterocycles. The molecule has 1 saturated heterocycles. The van der Waals surface area contributed by atoms with Gasteiger partial charge in [-0.2, -0.15) is 0 Å². The summed E-state index contributed by atoms with van der Waals surface area (Å²) in [6.07, 6.45) is 5.96. The monoisotopic (exact) mass is 455 g/mol. The SMILES string of the molecule is Nc1cccc2c1CCN2C(=O)c1cc(N2CCC(N3C(=O)Cc4ncccc43)CC2)ncn1. The molecule has 2 aromatic heterocycles. The van der Waals surface area contributed by atoms with Gasteiger partial charge in [0.25, 0.3) is 5.91 Å². The number of hydrogen-bond donors (Lipinski definition) is 1. The molecule has 9 heteroatoms. The van der Waals surface area contributed by atoms with E-state index in [-0.39, 0.29) is 17.9 Å². The maximum atomic E-state index is 13.3. The number of aromatic nitrogens is 3. The third kappa shape index (κ3) is 3.35. The van der Waals surface area contributed by atoms with Crippen LogP contribution >= 0.6 is 0 Å². The molecule has 1 fully saturated rings. The Morgan fingerprint density at radius 3 is 2.68 bits per heavy atom. The van der Waals surface area contributed by atoms with Gasteiger partial charge in [0.15, 0.2) is 0 Å². The van der Waals surface area contributed by atoms with Crippen molar-refractivity contribution < 1.29 is 9.59 Å². The zero-order valence-corrected chi connectivity index (χ0v) is 18.7. The summed E-state index contributed by atoms with van der Waals surface area (Å²) in [5.74, 6) is 0.710. The number of pyridine rings is 1. The number of fused-ring (bicyclic) bond motifs is 2. The van der Waals surface area contributed by atoms with E-state index in [2.05, 4.69) is 19.9 Å². The molecular weight excluding hydrogens is 430 g/mol. The molecule has 3 aliphatic rings. The minimum Gasteiger partial charge on any atom is -0.398 e. The average molecular weight is 456 g/mol. The van der Waals surface area contributed by atoms with Gasteiger partial charge < -0.3 is 20.4 Å². The number of carbonyl (C=O) groups is 2. The zero-order chi connectivity index (χ0) is 23.2. The number of carbonyl (C=O) groups excluding carboxylic acids is 2. The number of piperidine rings is 1. The number of nitrogens with zero attached hydrogens (tertiary/aromatic N) is 6. The number of anilines is 4. The molecule has 2 N–H and O–H groups in total. The molecule has 34 heavy (non-hydrogen) atoms. The van der Waals surface area contributed by atoms with E-state index >= 15 is 0 Å². The first-order chi connectivity index (χ1) is 16.6. The Labute approximate surface area is 197 Å². The van der Waals surface area contributed by atoms with Crippen LogP contribution in [-0.2, 0) is 17.6 Å². The van der Waals surface area contributed by atoms with Crippen LogP contribution in [0.5, 0.6) is 0 Å². The van der Waals surface area contributed by atoms with Gasteiger partial charge in [0.2, 0.25) is 5.91 Å². The molecule has 0 radical (unpaired) electrons. The van der Waals surface area contributed by atoms with E-state index in [1.54, 1.807) is 17.2 Å². The van der Waals surface area contributed by atoms with Crippen LogP contribution in [-0.4, -0.2) is 52.4 Å². The molecule has 0 bridgehead atoms. The highest BCUT2D eigenvalue weighted by Gasteiger charge is 2.36. The maximum Gasteiger partial charge on any atom is 0.277 e. The standard InChI is InChI=1S/C25H25N7O2/c26-18-3-1-4-21-17(18)8-12-31(21)25(34)20-13-23(29-15-28-20)30-10-6-16(7-11-30)32-22-5-2-9-27-19(22)14-24(32)33/h1-5,9,13,15-16H,6-8,10-12,14,26H2. The fourth-order valence-electron chi connectivity index (χ4n) is 5.35. The van der Waals surface area contributed by atoms with Crippen molar-refractivity contribution in [2.45, 2.75) is 31.7 Å². The molecule has 3 aliphatic heterocycles. The summed E-state index contributed by atoms with van der Waals surface area (Å²) in [5.41, 5.74) is 10.8. The van der Waals surface area contributed by atoms with E-state index in [4.69, 9.17) is 5.73 Å². The second kappa shape index (κ2) is 8.09. The fourth-order valence-corrected chi connectivity index (χ4v) is 5.35. The maximum absolute atomic E-state index is 13.3. The fraction of sp³-hybridized carbons (Fsp3) is 0.320. The van der Waals surface area contributed by atoms with Crippen molar-refractivity contribution in [1.82, 2.24) is 15.0 Å². The van der Waals surface area contributed by atoms with Crippen LogP contribution in [0.3, 0.4) is 0 Å². The lowest BCUT2D eigenvalue weighted by atomic mass is 10.0. The Bertz CT molecular complexity index is 1290. The van der Waals surface area contributed by atoms with Gasteiger partial charge in [0, 0.05) is 54.9 Å². The summed E-state index contributed by atoms with van der Waals surface area (Å²) < 4.78 is 0. The first kappa shape index (κ1) is 20.6. The van der Waals surface area contributed by atoms with Crippen LogP contribution in [0.1, 0.15) is 34.6 Å². The van der Waals surface area contributed by atoms with Gasteiger partial charge in [-0.15, -0.1) is 0 Å². The van der Waals surface area contributed by atoms with Crippen LogP contribution in [0.2, 0.25) is 0 Å². The van der Waals surface area contributed by atoms with Crippen LogP contribution < -0.4 is 20.4 Å². The highest BCUT2D eigenvalue weighted by Crippen LogP contribution is 2.34. The summed E-state index contributed by atoms with van der Waals surface area (Å²) in [6, 6.07) is 11.4. The van der Waals surface area contributed by atoms with Crippen molar-refractivity contribution in [2.75, 3.05) is 40.1 Å². The van der Waals surface area contributed by atoms with Gasteiger partial charge in [-0.3, -0.25) is 14.6 Å². The second-order valence-corrected chi connectivity index (χ2v) is 8.94. The second-order valence-electron chi connectivity index (χ2n) is 8.94. The minimum absolute atomic E-state index is 0.119. The van der Waals surface area contributed by atoms with E-state index in [1.165, 1.54) is 6.33 Å². The summed E-state index contributed by atoms with van der Waals surface area (Å²) >= 11 is 0. The number of nitrogens with two attached hydrogens (primary N) is 1. The molecule has 0 spiro atoms. The molecule has 6 rings (SSSR count). The third-order valence-corrected chi connectivity index (χ3v) is 7.05. The smallest absolute Gasteiger partial charge is 0.277 e. The van der Waals surface area contributed by atoms with Crippen molar-refractivity contribution in [2.24, 2.45) is 0 Å². The predicted octanol–water partition coefficient (Wildman–Crippen LogP) is 2.21. The topological polar surface area (TPSA) is 109 Å². The van der Waals surface area contributed by atoms with E-state index in [0.717, 1.165) is 60.8 Å². The predicted molar refractivity (Wildman–Crippen MR) is 129 cm³/mol. The number of hydrogen-bond acceptors (Lipinski definition) is 7. The molecule has 0 unspecified atom stereocenters. The lowest BCUT2D eigenvalue weighted by Gasteiger charge is -2.37. The highest BCUT2D eigenvalue weighted by molar-refractivity contribution is 6.07. The molecule has 3 aromatic rings. The number of rotatable bonds is 3. The minimum atomic E-state index is -0.144. The third-order valence-electron chi connectivity index (χ3n) is 7.05. The molecule has 0 saturated carbocycles.